The van der Waals surface area contributed by atoms with Gasteiger partial charge in [-0.1, -0.05) is 55.1 Å². The van der Waals surface area contributed by atoms with Crippen molar-refractivity contribution in [3.63, 3.8) is 0 Å². The number of hydrogen-bond donors (Lipinski definition) is 1. The van der Waals surface area contributed by atoms with Crippen LogP contribution in [0, 0.1) is 0 Å². The van der Waals surface area contributed by atoms with Crippen molar-refractivity contribution >= 4 is 33.9 Å². The first kappa shape index (κ1) is 24.1. The van der Waals surface area contributed by atoms with Crippen LogP contribution in [0.2, 0.25) is 0 Å². The molecule has 1 aliphatic rings. The van der Waals surface area contributed by atoms with Crippen LogP contribution in [0.3, 0.4) is 0 Å². The normalized spacial score (nSPS) is 18.5. The molecule has 2 unspecified atom stereocenters. The lowest BCUT2D eigenvalue weighted by molar-refractivity contribution is 0.0736. The van der Waals surface area contributed by atoms with Crippen LogP contribution < -0.4 is 5.32 Å². The molecule has 172 valence electrons. The second kappa shape index (κ2) is 10.9. The Morgan fingerprint density at radius 3 is 2.72 bits per heavy atom. The fourth-order valence-corrected chi connectivity index (χ4v) is 4.94. The molecular weight excluding hydrogens is 424 g/mol. The molecule has 1 amide bonds. The van der Waals surface area contributed by atoms with Gasteiger partial charge in [0.2, 0.25) is 0 Å². The summed E-state index contributed by atoms with van der Waals surface area (Å²) >= 11 is 1.16. The van der Waals surface area contributed by atoms with E-state index in [1.54, 1.807) is 11.0 Å². The number of hydrogen-bond acceptors (Lipinski definition) is 6. The zero-order valence-electron chi connectivity index (χ0n) is 19.0. The minimum Gasteiger partial charge on any atom is -0.452 e. The summed E-state index contributed by atoms with van der Waals surface area (Å²) in [6.07, 6.45) is 1.86. The number of nitrogens with one attached hydrogen (secondary N) is 1. The Hall–Kier alpha value is -2.51. The second-order valence-corrected chi connectivity index (χ2v) is 10.1. The van der Waals surface area contributed by atoms with Gasteiger partial charge in [0.25, 0.3) is 0 Å². The first-order valence-corrected chi connectivity index (χ1v) is 11.8. The van der Waals surface area contributed by atoms with Crippen molar-refractivity contribution in [2.24, 2.45) is 0 Å². The van der Waals surface area contributed by atoms with E-state index in [2.05, 4.69) is 42.2 Å². The van der Waals surface area contributed by atoms with Gasteiger partial charge >= 0.3 is 11.4 Å². The van der Waals surface area contributed by atoms with E-state index in [0.29, 0.717) is 26.1 Å². The fraction of sp³-hybridized carbons (Fsp3) is 0.440. The Labute approximate surface area is 194 Å². The molecule has 2 aromatic rings. The summed E-state index contributed by atoms with van der Waals surface area (Å²) in [5.74, 6) is 0. The van der Waals surface area contributed by atoms with E-state index in [1.807, 2.05) is 32.9 Å². The molecule has 0 bridgehead atoms. The van der Waals surface area contributed by atoms with Gasteiger partial charge < -0.3 is 19.7 Å². The number of thioether (sulfide) groups is 1. The number of nitrogens with zero attached hydrogens (tertiary/aromatic N) is 1. The van der Waals surface area contributed by atoms with Crippen LogP contribution >= 0.6 is 11.8 Å². The summed E-state index contributed by atoms with van der Waals surface area (Å²) in [5, 5.41) is 5.57. The molecule has 1 aliphatic heterocycles. The van der Waals surface area contributed by atoms with Crippen molar-refractivity contribution in [3.8, 4) is 0 Å². The molecule has 6 nitrogen and oxygen atoms in total. The predicted molar refractivity (Wildman–Crippen MR) is 130 cm³/mol. The Bertz CT molecular complexity index is 951. The van der Waals surface area contributed by atoms with Crippen LogP contribution in [0.1, 0.15) is 32.8 Å². The molecule has 2 atom stereocenters. The topological polar surface area (TPSA) is 67.9 Å². The molecular formula is C25H32N2O4S. The highest BCUT2D eigenvalue weighted by Crippen LogP contribution is 2.30. The summed E-state index contributed by atoms with van der Waals surface area (Å²) in [5.41, 5.74) is 0.673. The van der Waals surface area contributed by atoms with E-state index in [4.69, 9.17) is 9.47 Å². The quantitative estimate of drug-likeness (QED) is 0.447. The van der Waals surface area contributed by atoms with E-state index in [1.165, 1.54) is 16.3 Å². The fourth-order valence-electron chi connectivity index (χ4n) is 3.82. The maximum Gasteiger partial charge on any atom is 0.410 e. The van der Waals surface area contributed by atoms with Crippen LogP contribution in [0.5, 0.6) is 0 Å². The number of ether oxygens (including phenoxy) is 2. The van der Waals surface area contributed by atoms with E-state index in [0.717, 1.165) is 11.8 Å². The van der Waals surface area contributed by atoms with Gasteiger partial charge in [0.1, 0.15) is 12.2 Å². The summed E-state index contributed by atoms with van der Waals surface area (Å²) in [4.78, 5) is 26.6. The van der Waals surface area contributed by atoms with Gasteiger partial charge in [-0.3, -0.25) is 0 Å². The summed E-state index contributed by atoms with van der Waals surface area (Å²) in [6.45, 7) is 11.0. The lowest BCUT2D eigenvalue weighted by atomic mass is 10.0. The molecule has 1 heterocycles. The molecule has 0 saturated carbocycles. The van der Waals surface area contributed by atoms with Gasteiger partial charge in [-0.2, -0.15) is 0 Å². The van der Waals surface area contributed by atoms with Crippen LogP contribution in [0.25, 0.3) is 10.8 Å². The number of fused-ring (bicyclic) bond motifs is 1. The molecule has 2 aromatic carbocycles. The smallest absolute Gasteiger partial charge is 0.410 e. The summed E-state index contributed by atoms with van der Waals surface area (Å²) in [6, 6.07) is 14.5. The predicted octanol–water partition coefficient (Wildman–Crippen LogP) is 5.36. The molecule has 3 rings (SSSR count). The lowest BCUT2D eigenvalue weighted by Crippen LogP contribution is -2.41. The highest BCUT2D eigenvalue weighted by atomic mass is 32.2. The third-order valence-corrected chi connectivity index (χ3v) is 6.11. The Kier molecular flexibility index (Phi) is 8.21. The van der Waals surface area contributed by atoms with Crippen molar-refractivity contribution < 1.29 is 19.1 Å². The number of likely N-dealkylation sites (tertiary alicyclic amines) is 1. The Morgan fingerprint density at radius 1 is 1.22 bits per heavy atom. The zero-order chi connectivity index (χ0) is 23.1. The van der Waals surface area contributed by atoms with Crippen molar-refractivity contribution in [2.45, 2.75) is 50.6 Å². The first-order valence-electron chi connectivity index (χ1n) is 10.9. The third kappa shape index (κ3) is 6.74. The van der Waals surface area contributed by atoms with Crippen LogP contribution in [0.4, 0.5) is 9.59 Å². The van der Waals surface area contributed by atoms with E-state index in [-0.39, 0.29) is 29.3 Å². The largest absolute Gasteiger partial charge is 0.452 e. The third-order valence-electron chi connectivity index (χ3n) is 5.16. The summed E-state index contributed by atoms with van der Waals surface area (Å²) in [7, 11) is 0. The maximum absolute atomic E-state index is 12.6. The zero-order valence-corrected chi connectivity index (χ0v) is 19.8. The van der Waals surface area contributed by atoms with Gasteiger partial charge in [-0.05, 0) is 55.3 Å². The highest BCUT2D eigenvalue weighted by Gasteiger charge is 2.38. The SMILES string of the molecule is C=CCOC(=O)N1CC(SC(=O)OC(C)(C)C)CC1CNCc1cccc2ccccc12. The van der Waals surface area contributed by atoms with E-state index >= 15 is 0 Å². The molecule has 1 saturated heterocycles. The van der Waals surface area contributed by atoms with Crippen LogP contribution in [-0.4, -0.2) is 52.9 Å². The van der Waals surface area contributed by atoms with Crippen molar-refractivity contribution in [1.29, 1.82) is 0 Å². The monoisotopic (exact) mass is 456 g/mol. The molecule has 7 heteroatoms. The van der Waals surface area contributed by atoms with Crippen LogP contribution in [0.15, 0.2) is 55.1 Å². The van der Waals surface area contributed by atoms with Gasteiger partial charge in [0, 0.05) is 30.9 Å². The molecule has 0 aliphatic carbocycles. The molecule has 1 fully saturated rings. The highest BCUT2D eigenvalue weighted by molar-refractivity contribution is 8.13. The standard InChI is InChI=1S/C25H32N2O4S/c1-5-13-30-23(28)27-17-21(32-24(29)31-25(2,3)4)14-20(27)16-26-15-19-11-8-10-18-9-6-7-12-22(18)19/h5-12,20-21,26H,1,13-17H2,2-4H3. The maximum atomic E-state index is 12.6. The van der Waals surface area contributed by atoms with Crippen molar-refractivity contribution in [2.75, 3.05) is 19.7 Å². The van der Waals surface area contributed by atoms with Crippen molar-refractivity contribution in [3.05, 3.63) is 60.7 Å². The Balaban J connectivity index is 1.62. The average molecular weight is 457 g/mol. The molecule has 0 spiro atoms. The van der Waals surface area contributed by atoms with Gasteiger partial charge in [-0.25, -0.2) is 9.59 Å². The lowest BCUT2D eigenvalue weighted by Gasteiger charge is -2.24. The summed E-state index contributed by atoms with van der Waals surface area (Å²) < 4.78 is 10.7. The minimum absolute atomic E-state index is 0.0366. The van der Waals surface area contributed by atoms with Crippen LogP contribution in [-0.2, 0) is 16.0 Å². The van der Waals surface area contributed by atoms with Gasteiger partial charge in [-0.15, -0.1) is 0 Å². The molecule has 1 N–H and O–H groups in total. The Morgan fingerprint density at radius 2 is 1.97 bits per heavy atom. The molecule has 0 radical (unpaired) electrons. The van der Waals surface area contributed by atoms with Gasteiger partial charge in [0.15, 0.2) is 0 Å². The number of carbonyl (C=O) groups excluding carboxylic acids is 2. The number of carbonyl (C=O) groups is 2. The van der Waals surface area contributed by atoms with Gasteiger partial charge in [0.05, 0.1) is 0 Å². The number of amides is 1. The average Bonchev–Trinajstić information content (AvgIpc) is 3.13. The molecule has 32 heavy (non-hydrogen) atoms. The second-order valence-electron chi connectivity index (χ2n) is 8.88. The van der Waals surface area contributed by atoms with E-state index < -0.39 is 5.60 Å². The molecule has 0 aromatic heterocycles. The number of rotatable bonds is 7. The van der Waals surface area contributed by atoms with E-state index in [9.17, 15) is 9.59 Å². The van der Waals surface area contributed by atoms with Crippen molar-refractivity contribution in [1.82, 2.24) is 10.2 Å². The first-order chi connectivity index (χ1) is 15.3. The number of benzene rings is 2. The minimum atomic E-state index is -0.537.